The summed E-state index contributed by atoms with van der Waals surface area (Å²) in [5.41, 5.74) is 3.44. The molecule has 0 saturated carbocycles. The standard InChI is InChI=1S/C26H26IN3O5S/c1-3-16-35-24-15-10-20(17-25(24)34-4-2)18-28-29-26(31)19-30(22-13-11-21(27)12-14-22)36(32,33)23-8-6-5-7-9-23/h3,5-15,17-18H,1,4,16,19H2,2H3,(H,29,31)/b28-18-. The third-order valence-electron chi connectivity index (χ3n) is 4.76. The normalized spacial score (nSPS) is 11.2. The van der Waals surface area contributed by atoms with Crippen molar-refractivity contribution in [3.05, 3.63) is 94.6 Å². The van der Waals surface area contributed by atoms with Gasteiger partial charge in [0, 0.05) is 3.57 Å². The van der Waals surface area contributed by atoms with Crippen molar-refractivity contribution in [2.45, 2.75) is 11.8 Å². The summed E-state index contributed by atoms with van der Waals surface area (Å²) in [6.07, 6.45) is 3.08. The molecule has 0 aliphatic carbocycles. The van der Waals surface area contributed by atoms with Crippen molar-refractivity contribution >= 4 is 50.4 Å². The Hall–Kier alpha value is -3.38. The number of rotatable bonds is 12. The third-order valence-corrected chi connectivity index (χ3v) is 7.27. The first-order valence-corrected chi connectivity index (χ1v) is 13.5. The average Bonchev–Trinajstić information content (AvgIpc) is 2.88. The predicted molar refractivity (Wildman–Crippen MR) is 149 cm³/mol. The van der Waals surface area contributed by atoms with Crippen LogP contribution in [0.5, 0.6) is 11.5 Å². The van der Waals surface area contributed by atoms with Crippen LogP contribution in [0.25, 0.3) is 0 Å². The second kappa shape index (κ2) is 13.1. The highest BCUT2D eigenvalue weighted by atomic mass is 127. The lowest BCUT2D eigenvalue weighted by atomic mass is 10.2. The molecule has 0 spiro atoms. The zero-order valence-corrected chi connectivity index (χ0v) is 22.6. The number of sulfonamides is 1. The number of amides is 1. The number of halogens is 1. The largest absolute Gasteiger partial charge is 0.490 e. The van der Waals surface area contributed by atoms with Gasteiger partial charge in [0.2, 0.25) is 0 Å². The van der Waals surface area contributed by atoms with Crippen molar-refractivity contribution in [2.24, 2.45) is 5.10 Å². The van der Waals surface area contributed by atoms with Gasteiger partial charge in [-0.25, -0.2) is 13.8 Å². The van der Waals surface area contributed by atoms with E-state index in [9.17, 15) is 13.2 Å². The van der Waals surface area contributed by atoms with Crippen molar-refractivity contribution < 1.29 is 22.7 Å². The van der Waals surface area contributed by atoms with E-state index >= 15 is 0 Å². The summed E-state index contributed by atoms with van der Waals surface area (Å²) in [5, 5.41) is 3.99. The molecule has 0 aliphatic rings. The molecular formula is C26H26IN3O5S. The van der Waals surface area contributed by atoms with Crippen LogP contribution < -0.4 is 19.2 Å². The molecular weight excluding hydrogens is 593 g/mol. The molecule has 0 aliphatic heterocycles. The summed E-state index contributed by atoms with van der Waals surface area (Å²) in [5.74, 6) is 0.506. The Labute approximate surface area is 224 Å². The van der Waals surface area contributed by atoms with Gasteiger partial charge in [-0.3, -0.25) is 9.10 Å². The lowest BCUT2D eigenvalue weighted by Crippen LogP contribution is -2.39. The van der Waals surface area contributed by atoms with Gasteiger partial charge in [0.15, 0.2) is 11.5 Å². The summed E-state index contributed by atoms with van der Waals surface area (Å²) < 4.78 is 39.8. The maximum Gasteiger partial charge on any atom is 0.264 e. The van der Waals surface area contributed by atoms with Crippen molar-refractivity contribution in [1.82, 2.24) is 5.43 Å². The molecule has 10 heteroatoms. The van der Waals surface area contributed by atoms with Crippen LogP contribution >= 0.6 is 22.6 Å². The van der Waals surface area contributed by atoms with Crippen molar-refractivity contribution in [2.75, 3.05) is 24.1 Å². The number of benzene rings is 3. The number of ether oxygens (including phenoxy) is 2. The van der Waals surface area contributed by atoms with Crippen LogP contribution in [-0.4, -0.2) is 40.3 Å². The monoisotopic (exact) mass is 619 g/mol. The first-order valence-electron chi connectivity index (χ1n) is 11.0. The van der Waals surface area contributed by atoms with Gasteiger partial charge >= 0.3 is 0 Å². The Morgan fingerprint density at radius 2 is 1.78 bits per heavy atom. The van der Waals surface area contributed by atoms with E-state index in [-0.39, 0.29) is 4.90 Å². The number of hydrogen-bond acceptors (Lipinski definition) is 6. The molecule has 188 valence electrons. The Balaban J connectivity index is 1.77. The van der Waals surface area contributed by atoms with Crippen LogP contribution in [0.2, 0.25) is 0 Å². The van der Waals surface area contributed by atoms with E-state index in [2.05, 4.69) is 39.7 Å². The zero-order chi connectivity index (χ0) is 26.0. The highest BCUT2D eigenvalue weighted by molar-refractivity contribution is 14.1. The summed E-state index contributed by atoms with van der Waals surface area (Å²) in [7, 11) is -3.98. The summed E-state index contributed by atoms with van der Waals surface area (Å²) >= 11 is 2.13. The molecule has 0 unspecified atom stereocenters. The van der Waals surface area contributed by atoms with Gasteiger partial charge in [-0.15, -0.1) is 0 Å². The van der Waals surface area contributed by atoms with Crippen LogP contribution in [0.15, 0.2) is 95.4 Å². The van der Waals surface area contributed by atoms with Crippen LogP contribution in [0.4, 0.5) is 5.69 Å². The topological polar surface area (TPSA) is 97.3 Å². The smallest absolute Gasteiger partial charge is 0.264 e. The fourth-order valence-electron chi connectivity index (χ4n) is 3.13. The second-order valence-corrected chi connectivity index (χ2v) is 10.4. The Kier molecular flexibility index (Phi) is 9.88. The molecule has 0 bridgehead atoms. The quantitative estimate of drug-likeness (QED) is 0.138. The lowest BCUT2D eigenvalue weighted by Gasteiger charge is -2.23. The van der Waals surface area contributed by atoms with Gasteiger partial charge in [0.25, 0.3) is 15.9 Å². The number of carbonyl (C=O) groups is 1. The number of hydrogen-bond donors (Lipinski definition) is 1. The molecule has 36 heavy (non-hydrogen) atoms. The van der Waals surface area contributed by atoms with E-state index in [1.54, 1.807) is 66.7 Å². The molecule has 0 fully saturated rings. The van der Waals surface area contributed by atoms with E-state index in [1.165, 1.54) is 18.3 Å². The minimum atomic E-state index is -3.98. The minimum absolute atomic E-state index is 0.0852. The van der Waals surface area contributed by atoms with Gasteiger partial charge in [0.05, 0.1) is 23.4 Å². The molecule has 0 atom stereocenters. The van der Waals surface area contributed by atoms with Gasteiger partial charge in [-0.05, 0) is 89.7 Å². The van der Waals surface area contributed by atoms with Gasteiger partial charge in [0.1, 0.15) is 13.2 Å². The predicted octanol–water partition coefficient (Wildman–Crippen LogP) is 4.60. The molecule has 0 aromatic heterocycles. The molecule has 0 saturated heterocycles. The Morgan fingerprint density at radius 1 is 1.06 bits per heavy atom. The van der Waals surface area contributed by atoms with Crippen LogP contribution in [0.1, 0.15) is 12.5 Å². The zero-order valence-electron chi connectivity index (χ0n) is 19.6. The molecule has 0 heterocycles. The first kappa shape index (κ1) is 27.2. The fourth-order valence-corrected chi connectivity index (χ4v) is 4.93. The number of nitrogens with one attached hydrogen (secondary N) is 1. The van der Waals surface area contributed by atoms with Crippen molar-refractivity contribution in [1.29, 1.82) is 0 Å². The van der Waals surface area contributed by atoms with E-state index in [4.69, 9.17) is 9.47 Å². The first-order chi connectivity index (χ1) is 17.3. The number of anilines is 1. The minimum Gasteiger partial charge on any atom is -0.490 e. The number of carbonyl (C=O) groups excluding carboxylic acids is 1. The number of nitrogens with zero attached hydrogens (tertiary/aromatic N) is 2. The average molecular weight is 619 g/mol. The SMILES string of the molecule is C=CCOc1ccc(/C=N\NC(=O)CN(c2ccc(I)cc2)S(=O)(=O)c2ccccc2)cc1OCC. The van der Waals surface area contributed by atoms with Crippen molar-refractivity contribution in [3.63, 3.8) is 0 Å². The summed E-state index contributed by atoms with van der Waals surface area (Å²) in [6, 6.07) is 20.1. The molecule has 1 N–H and O–H groups in total. The number of hydrazone groups is 1. The van der Waals surface area contributed by atoms with Crippen LogP contribution in [-0.2, 0) is 14.8 Å². The maximum atomic E-state index is 13.3. The van der Waals surface area contributed by atoms with Crippen molar-refractivity contribution in [3.8, 4) is 11.5 Å². The molecule has 8 nitrogen and oxygen atoms in total. The van der Waals surface area contributed by atoms with E-state index in [1.807, 2.05) is 6.92 Å². The highest BCUT2D eigenvalue weighted by Gasteiger charge is 2.27. The second-order valence-electron chi connectivity index (χ2n) is 7.33. The van der Waals surface area contributed by atoms with Gasteiger partial charge < -0.3 is 9.47 Å². The van der Waals surface area contributed by atoms with Crippen LogP contribution in [0.3, 0.4) is 0 Å². The summed E-state index contributed by atoms with van der Waals surface area (Å²) in [6.45, 7) is 5.83. The highest BCUT2D eigenvalue weighted by Crippen LogP contribution is 2.28. The van der Waals surface area contributed by atoms with E-state index < -0.39 is 22.5 Å². The van der Waals surface area contributed by atoms with Gasteiger partial charge in [-0.1, -0.05) is 30.9 Å². The van der Waals surface area contributed by atoms with E-state index in [0.29, 0.717) is 36.0 Å². The van der Waals surface area contributed by atoms with E-state index in [0.717, 1.165) is 7.88 Å². The third kappa shape index (κ3) is 7.31. The van der Waals surface area contributed by atoms with Gasteiger partial charge in [-0.2, -0.15) is 5.10 Å². The molecule has 0 radical (unpaired) electrons. The maximum absolute atomic E-state index is 13.3. The molecule has 3 rings (SSSR count). The Bertz CT molecular complexity index is 1310. The Morgan fingerprint density at radius 3 is 2.44 bits per heavy atom. The fraction of sp³-hybridized carbons (Fsp3) is 0.154. The molecule has 1 amide bonds. The summed E-state index contributed by atoms with van der Waals surface area (Å²) in [4.78, 5) is 12.8. The molecule has 3 aromatic carbocycles. The van der Waals surface area contributed by atoms with Crippen LogP contribution in [0, 0.1) is 3.57 Å². The molecule has 3 aromatic rings. The lowest BCUT2D eigenvalue weighted by molar-refractivity contribution is -0.119.